The second-order valence-electron chi connectivity index (χ2n) is 31.6. The van der Waals surface area contributed by atoms with Crippen molar-refractivity contribution in [2.75, 3.05) is 121 Å². The van der Waals surface area contributed by atoms with Gasteiger partial charge >= 0.3 is 5.51 Å². The third kappa shape index (κ3) is 22.6. The van der Waals surface area contributed by atoms with Gasteiger partial charge in [0.25, 0.3) is 25.8 Å². The first-order valence-electron chi connectivity index (χ1n) is 38.7. The Morgan fingerprint density at radius 1 is 0.777 bits per heavy atom. The molecule has 5 amide bonds. The summed E-state index contributed by atoms with van der Waals surface area (Å²) in [4.78, 5) is 85.8. The van der Waals surface area contributed by atoms with E-state index in [1.54, 1.807) is 23.5 Å². The lowest BCUT2D eigenvalue weighted by molar-refractivity contribution is -0.144. The number of β-amino-alcohol motifs (C(OH)–C–C–N with tert-alkyl or cyclic N) is 1. The average molecular weight is 1640 g/mol. The highest BCUT2D eigenvalue weighted by molar-refractivity contribution is 7.99. The van der Waals surface area contributed by atoms with Gasteiger partial charge in [0, 0.05) is 144 Å². The number of nitrogens with one attached hydrogen (secondary N) is 4. The molecule has 22 nitrogen and oxygen atoms in total. The summed E-state index contributed by atoms with van der Waals surface area (Å²) >= 11 is 9.40. The molecule has 5 aliphatic rings. The van der Waals surface area contributed by atoms with Gasteiger partial charge < -0.3 is 40.5 Å². The molecule has 30 heteroatoms. The van der Waals surface area contributed by atoms with Gasteiger partial charge in [0.05, 0.1) is 52.0 Å². The number of likely N-dealkylation sites (tertiary alicyclic amines) is 1. The van der Waals surface area contributed by atoms with Gasteiger partial charge in [-0.2, -0.15) is 13.2 Å². The van der Waals surface area contributed by atoms with Crippen LogP contribution in [0.2, 0.25) is 5.02 Å². The average Bonchev–Trinajstić information content (AvgIpc) is 0.938. The molecule has 4 fully saturated rings. The molecule has 5 aromatic carbocycles. The highest BCUT2D eigenvalue weighted by Gasteiger charge is 2.49. The predicted molar refractivity (Wildman–Crippen MR) is 433 cm³/mol. The maximum absolute atomic E-state index is 14.4. The van der Waals surface area contributed by atoms with Gasteiger partial charge in [0.15, 0.2) is 0 Å². The van der Waals surface area contributed by atoms with Crippen LogP contribution in [0.1, 0.15) is 138 Å². The van der Waals surface area contributed by atoms with Crippen molar-refractivity contribution in [3.05, 3.63) is 160 Å². The number of sulfone groups is 1. The van der Waals surface area contributed by atoms with Crippen LogP contribution in [0.15, 0.2) is 147 Å². The molecule has 4 saturated heterocycles. The number of thioether (sulfide) groups is 1. The minimum absolute atomic E-state index is 0.0209. The summed E-state index contributed by atoms with van der Waals surface area (Å²) in [7, 11) is -11.0. The first-order valence-corrected chi connectivity index (χ1v) is 43.9. The number of nitrogens with zero attached hydrogens (tertiary/aromatic N) is 7. The summed E-state index contributed by atoms with van der Waals surface area (Å²) in [5.41, 5.74) is 2.37. The smallest absolute Gasteiger partial charge is 0.391 e. The number of thiazole rings is 1. The van der Waals surface area contributed by atoms with Crippen LogP contribution >= 0.6 is 34.7 Å². The molecule has 606 valence electrons. The number of aryl methyl sites for hydroxylation is 1. The Morgan fingerprint density at radius 3 is 2.09 bits per heavy atom. The number of benzene rings is 5. The van der Waals surface area contributed by atoms with E-state index in [0.717, 1.165) is 121 Å². The highest BCUT2D eigenvalue weighted by atomic mass is 35.5. The molecule has 5 heterocycles. The van der Waals surface area contributed by atoms with Crippen LogP contribution in [0.4, 0.5) is 24.5 Å². The number of morpholine rings is 1. The lowest BCUT2D eigenvalue weighted by atomic mass is 9.71. The molecule has 1 aliphatic carbocycles. The monoisotopic (exact) mass is 1640 g/mol. The zero-order valence-electron chi connectivity index (χ0n) is 64.6. The van der Waals surface area contributed by atoms with Crippen LogP contribution in [-0.4, -0.2) is 221 Å². The number of halogens is 4. The molecule has 6 aromatic rings. The Morgan fingerprint density at radius 2 is 1.44 bits per heavy atom. The topological polar surface area (TPSA) is 264 Å². The molecule has 4 aliphatic heterocycles. The molecule has 0 radical (unpaired) electrons. The quantitative estimate of drug-likeness (QED) is 0.0200. The lowest BCUT2D eigenvalue weighted by Crippen LogP contribution is -2.57. The number of anilines is 2. The van der Waals surface area contributed by atoms with Crippen molar-refractivity contribution in [2.45, 2.75) is 163 Å². The number of hydrogen-bond acceptors (Lipinski definition) is 19. The van der Waals surface area contributed by atoms with E-state index in [9.17, 15) is 59.1 Å². The molecular formula is C82H105ClF3N11O11S4. The fourth-order valence-corrected chi connectivity index (χ4v) is 19.5. The molecule has 11 rings (SSSR count). The number of carbonyl (C=O) groups is 5. The number of piperazine rings is 2. The summed E-state index contributed by atoms with van der Waals surface area (Å²) < 4.78 is 105. The maximum Gasteiger partial charge on any atom is 0.501 e. The van der Waals surface area contributed by atoms with Gasteiger partial charge in [-0.25, -0.2) is 26.5 Å². The number of amides is 5. The summed E-state index contributed by atoms with van der Waals surface area (Å²) in [5.74, 6) is -1.64. The maximum atomic E-state index is 14.4. The minimum atomic E-state index is -6.11. The van der Waals surface area contributed by atoms with E-state index >= 15 is 0 Å². The van der Waals surface area contributed by atoms with E-state index in [-0.39, 0.29) is 54.1 Å². The third-order valence-corrected chi connectivity index (χ3v) is 27.2. The zero-order valence-corrected chi connectivity index (χ0v) is 68.6. The Hall–Kier alpha value is -7.45. The SMILES string of the molecule is Cc1ncsc1-c1ccc(C(C)NC(=O)C2CC(O)CN2C(=O)C(NC(=O)CCCCCCC(=O)N2CCN(CC3(C)CCC(c4ccc(Cl)cc4)=C(CN4CCN(c5ccc(C(=O)NS(=O)(=O)c6ccc(NC(CCN7CCOCC7)CSc7ccccc7)c(S(=O)(=O)C(F)(F)F)c6)cc5)CC4)C3)CC2)C(C)(C)C)cc1. The second kappa shape index (κ2) is 37.9. The van der Waals surface area contributed by atoms with E-state index in [1.807, 2.05) is 116 Å². The Labute approximate surface area is 670 Å². The number of rotatable bonds is 31. The standard InChI is InChI=1S/C82H105ClF3N11O11S4/c1-56(58-18-20-60(21-19-58)75-57(2)87-55-110-75)88-78(102)71-48-66(98)52-97(71)79(103)76(80(3,4)5)90-73(99)16-12-7-8-13-17-74(100)96-42-38-94(39-43-96)54-81(6)34-32-69(59-22-26-63(83)27-23-59)62(50-81)51-93-36-40-95(41-37-93)65-28-24-61(25-29-65)77(101)91-112(106,107)68-30-31-70(72(49-68)111(104,105)82(84,85)86)89-64(33-35-92-44-46-108-47-45-92)53-109-67-14-10-9-11-15-67/h9-11,14-15,18-31,49,55-56,64,66,71,76,89,98H,7-8,12-13,16-17,32-48,50-54H2,1-6H3,(H,88,102)(H,90,99)(H,91,101). The number of aliphatic hydroxyl groups excluding tert-OH is 1. The molecule has 6 unspecified atom stereocenters. The Balaban J connectivity index is 0.620. The van der Waals surface area contributed by atoms with Crippen LogP contribution in [0.5, 0.6) is 0 Å². The van der Waals surface area contributed by atoms with Crippen molar-refractivity contribution in [2.24, 2.45) is 10.8 Å². The van der Waals surface area contributed by atoms with Gasteiger partial charge in [0.2, 0.25) is 23.6 Å². The fourth-order valence-electron chi connectivity index (χ4n) is 15.5. The van der Waals surface area contributed by atoms with E-state index in [4.69, 9.17) is 16.3 Å². The van der Waals surface area contributed by atoms with Gasteiger partial charge in [-0.05, 0) is 152 Å². The second-order valence-corrected chi connectivity index (χ2v) is 37.6. The molecule has 0 saturated carbocycles. The predicted octanol–water partition coefficient (Wildman–Crippen LogP) is 12.1. The number of ether oxygens (including phenoxy) is 1. The van der Waals surface area contributed by atoms with Crippen molar-refractivity contribution >= 4 is 101 Å². The summed E-state index contributed by atoms with van der Waals surface area (Å²) in [6.45, 7) is 21.9. The number of aromatic nitrogens is 1. The number of hydrogen-bond donors (Lipinski definition) is 5. The molecule has 0 bridgehead atoms. The summed E-state index contributed by atoms with van der Waals surface area (Å²) in [6, 6.07) is 31.3. The van der Waals surface area contributed by atoms with E-state index in [1.165, 1.54) is 39.9 Å². The largest absolute Gasteiger partial charge is 0.501 e. The van der Waals surface area contributed by atoms with Gasteiger partial charge in [-0.3, -0.25) is 38.7 Å². The number of unbranched alkanes of at least 4 members (excludes halogenated alkanes) is 3. The van der Waals surface area contributed by atoms with Crippen LogP contribution in [0.3, 0.4) is 0 Å². The molecule has 1 aromatic heterocycles. The van der Waals surface area contributed by atoms with Gasteiger partial charge in [-0.15, -0.1) is 23.1 Å². The highest BCUT2D eigenvalue weighted by Crippen LogP contribution is 2.45. The van der Waals surface area contributed by atoms with Gasteiger partial charge in [0.1, 0.15) is 17.0 Å². The minimum Gasteiger partial charge on any atom is -0.391 e. The van der Waals surface area contributed by atoms with Crippen molar-refractivity contribution in [3.63, 3.8) is 0 Å². The number of alkyl halides is 3. The van der Waals surface area contributed by atoms with E-state index in [0.29, 0.717) is 102 Å². The first kappa shape index (κ1) is 85.4. The van der Waals surface area contributed by atoms with Crippen molar-refractivity contribution in [1.82, 2.24) is 44.8 Å². The van der Waals surface area contributed by atoms with Crippen LogP contribution in [0, 0.1) is 17.8 Å². The Bertz CT molecular complexity index is 4500. The number of sulfonamides is 1. The molecule has 0 spiro atoms. The summed E-state index contributed by atoms with van der Waals surface area (Å²) in [6.07, 6.45) is 5.77. The van der Waals surface area contributed by atoms with Gasteiger partial charge in [-0.1, -0.05) is 112 Å². The number of allylic oxidation sites excluding steroid dienone is 1. The van der Waals surface area contributed by atoms with Crippen molar-refractivity contribution in [3.8, 4) is 10.4 Å². The molecule has 5 N–H and O–H groups in total. The normalized spacial score (nSPS) is 20.1. The van der Waals surface area contributed by atoms with E-state index < -0.39 is 82.3 Å². The van der Waals surface area contributed by atoms with Crippen LogP contribution in [-0.2, 0) is 43.8 Å². The molecular weight excluding hydrogens is 1540 g/mol. The van der Waals surface area contributed by atoms with E-state index in [2.05, 4.69) is 59.6 Å². The fraction of sp³-hybridized carbons (Fsp3) is 0.512. The van der Waals surface area contributed by atoms with Crippen LogP contribution < -0.4 is 25.6 Å². The van der Waals surface area contributed by atoms with Crippen molar-refractivity contribution < 1.29 is 63.8 Å². The third-order valence-electron chi connectivity index (χ3n) is 22.0. The first-order chi connectivity index (χ1) is 53.3. The summed E-state index contributed by atoms with van der Waals surface area (Å²) in [5, 5.41) is 20.5. The van der Waals surface area contributed by atoms with Crippen LogP contribution in [0.25, 0.3) is 16.0 Å². The zero-order chi connectivity index (χ0) is 80.1. The number of carbonyl (C=O) groups excluding carboxylic acids is 5. The van der Waals surface area contributed by atoms with Crippen molar-refractivity contribution in [1.29, 1.82) is 0 Å². The Kier molecular flexibility index (Phi) is 28.9. The molecule has 6 atom stereocenters. The molecule has 112 heavy (non-hydrogen) atoms. The lowest BCUT2D eigenvalue weighted by Gasteiger charge is -2.44. The number of aliphatic hydroxyl groups is 1.